The largest absolute Gasteiger partial charge is 0.359 e. The van der Waals surface area contributed by atoms with Gasteiger partial charge in [0.05, 0.1) is 6.04 Å². The first-order chi connectivity index (χ1) is 12.3. The van der Waals surface area contributed by atoms with Gasteiger partial charge in [-0.15, -0.1) is 0 Å². The summed E-state index contributed by atoms with van der Waals surface area (Å²) in [5, 5.41) is 12.6. The number of rotatable bonds is 3. The molecule has 0 saturated heterocycles. The fraction of sp³-hybridized carbons (Fsp3) is 0.0952. The molecule has 1 aliphatic heterocycles. The molecule has 0 saturated carbocycles. The van der Waals surface area contributed by atoms with E-state index in [0.29, 0.717) is 11.4 Å². The number of hydrogen-bond donors (Lipinski definition) is 1. The standard InChI is InChI=1S/C21H16N4/c22-14-17-12-7-13-18(23-17)21-24-19(15-8-3-1-4-9-15)20(25-21)16-10-5-2-6-11-16/h1-13,19-20H,(H,24,25)/t19-,20+. The second-order valence-electron chi connectivity index (χ2n) is 5.89. The zero-order valence-electron chi connectivity index (χ0n) is 13.5. The number of aromatic nitrogens is 1. The van der Waals surface area contributed by atoms with Gasteiger partial charge < -0.3 is 5.32 Å². The van der Waals surface area contributed by atoms with Gasteiger partial charge in [-0.2, -0.15) is 5.26 Å². The van der Waals surface area contributed by atoms with Gasteiger partial charge in [-0.05, 0) is 23.3 Å². The van der Waals surface area contributed by atoms with Gasteiger partial charge in [0.2, 0.25) is 0 Å². The molecule has 0 fully saturated rings. The lowest BCUT2D eigenvalue weighted by atomic mass is 9.95. The van der Waals surface area contributed by atoms with Crippen molar-refractivity contribution in [1.82, 2.24) is 10.3 Å². The molecule has 0 bridgehead atoms. The van der Waals surface area contributed by atoms with Crippen molar-refractivity contribution in [3.63, 3.8) is 0 Å². The smallest absolute Gasteiger partial charge is 0.148 e. The Bertz CT molecular complexity index is 942. The van der Waals surface area contributed by atoms with Gasteiger partial charge >= 0.3 is 0 Å². The molecule has 0 radical (unpaired) electrons. The molecule has 0 amide bonds. The zero-order valence-corrected chi connectivity index (χ0v) is 13.5. The van der Waals surface area contributed by atoms with Gasteiger partial charge in [-0.25, -0.2) is 4.98 Å². The normalized spacial score (nSPS) is 18.9. The number of benzene rings is 2. The van der Waals surface area contributed by atoms with Crippen LogP contribution in [0.4, 0.5) is 0 Å². The predicted octanol–water partition coefficient (Wildman–Crippen LogP) is 3.79. The van der Waals surface area contributed by atoms with E-state index >= 15 is 0 Å². The van der Waals surface area contributed by atoms with E-state index in [4.69, 9.17) is 10.3 Å². The van der Waals surface area contributed by atoms with E-state index in [2.05, 4.69) is 40.6 Å². The van der Waals surface area contributed by atoms with Crippen LogP contribution in [0.3, 0.4) is 0 Å². The zero-order chi connectivity index (χ0) is 17.1. The summed E-state index contributed by atoms with van der Waals surface area (Å²) < 4.78 is 0. The molecule has 120 valence electrons. The predicted molar refractivity (Wildman–Crippen MR) is 97.0 cm³/mol. The Labute approximate surface area is 146 Å². The van der Waals surface area contributed by atoms with E-state index in [9.17, 15) is 0 Å². The summed E-state index contributed by atoms with van der Waals surface area (Å²) in [6, 6.07) is 28.0. The van der Waals surface area contributed by atoms with Crippen molar-refractivity contribution in [3.8, 4) is 6.07 Å². The molecule has 4 heteroatoms. The quantitative estimate of drug-likeness (QED) is 0.797. The Balaban J connectivity index is 1.76. The van der Waals surface area contributed by atoms with Crippen LogP contribution in [0.2, 0.25) is 0 Å². The van der Waals surface area contributed by atoms with Crippen LogP contribution in [0.5, 0.6) is 0 Å². The molecule has 25 heavy (non-hydrogen) atoms. The van der Waals surface area contributed by atoms with Crippen LogP contribution in [-0.4, -0.2) is 10.8 Å². The van der Waals surface area contributed by atoms with Crippen LogP contribution in [0, 0.1) is 11.3 Å². The van der Waals surface area contributed by atoms with E-state index in [1.165, 1.54) is 5.56 Å². The molecular formula is C21H16N4. The average molecular weight is 324 g/mol. The number of amidine groups is 1. The molecule has 1 aromatic heterocycles. The molecular weight excluding hydrogens is 308 g/mol. The molecule has 1 aliphatic rings. The van der Waals surface area contributed by atoms with Crippen molar-refractivity contribution in [1.29, 1.82) is 5.26 Å². The first-order valence-electron chi connectivity index (χ1n) is 8.17. The van der Waals surface area contributed by atoms with Crippen molar-refractivity contribution in [2.24, 2.45) is 4.99 Å². The van der Waals surface area contributed by atoms with Gasteiger partial charge in [0, 0.05) is 0 Å². The van der Waals surface area contributed by atoms with Gasteiger partial charge in [-0.1, -0.05) is 66.7 Å². The number of nitriles is 1. The SMILES string of the molecule is N#Cc1cccc(C2=N[C@H](c3ccccc3)[C@H](c3ccccc3)N2)n1. The molecule has 2 heterocycles. The third kappa shape index (κ3) is 3.00. The van der Waals surface area contributed by atoms with Crippen molar-refractivity contribution in [2.75, 3.05) is 0 Å². The maximum atomic E-state index is 9.09. The molecule has 4 rings (SSSR count). The highest BCUT2D eigenvalue weighted by atomic mass is 15.1. The van der Waals surface area contributed by atoms with Gasteiger partial charge in [-0.3, -0.25) is 4.99 Å². The lowest BCUT2D eigenvalue weighted by molar-refractivity contribution is 0.572. The number of nitrogens with one attached hydrogen (secondary N) is 1. The Morgan fingerprint density at radius 2 is 1.48 bits per heavy atom. The van der Waals surface area contributed by atoms with Crippen LogP contribution in [0.15, 0.2) is 83.9 Å². The lowest BCUT2D eigenvalue weighted by Crippen LogP contribution is -2.25. The molecule has 2 aromatic carbocycles. The van der Waals surface area contributed by atoms with Crippen LogP contribution < -0.4 is 5.32 Å². The summed E-state index contributed by atoms with van der Waals surface area (Å²) in [4.78, 5) is 9.27. The lowest BCUT2D eigenvalue weighted by Gasteiger charge is -2.19. The van der Waals surface area contributed by atoms with E-state index in [1.807, 2.05) is 48.5 Å². The minimum atomic E-state index is -0.0360. The van der Waals surface area contributed by atoms with Crippen molar-refractivity contribution >= 4 is 5.84 Å². The third-order valence-electron chi connectivity index (χ3n) is 4.28. The monoisotopic (exact) mass is 324 g/mol. The fourth-order valence-corrected chi connectivity index (χ4v) is 3.09. The molecule has 0 aliphatic carbocycles. The summed E-state index contributed by atoms with van der Waals surface area (Å²) >= 11 is 0. The summed E-state index contributed by atoms with van der Waals surface area (Å²) in [5.41, 5.74) is 3.40. The Morgan fingerprint density at radius 3 is 2.16 bits per heavy atom. The van der Waals surface area contributed by atoms with E-state index < -0.39 is 0 Å². The number of nitrogens with zero attached hydrogens (tertiary/aromatic N) is 3. The number of aliphatic imine (C=N–C) groups is 1. The molecule has 4 nitrogen and oxygen atoms in total. The van der Waals surface area contributed by atoms with E-state index in [0.717, 1.165) is 11.4 Å². The first-order valence-corrected chi connectivity index (χ1v) is 8.17. The second kappa shape index (κ2) is 6.58. The van der Waals surface area contributed by atoms with Crippen molar-refractivity contribution in [2.45, 2.75) is 12.1 Å². The minimum Gasteiger partial charge on any atom is -0.359 e. The summed E-state index contributed by atoms with van der Waals surface area (Å²) in [6.45, 7) is 0. The fourth-order valence-electron chi connectivity index (χ4n) is 3.09. The second-order valence-corrected chi connectivity index (χ2v) is 5.89. The van der Waals surface area contributed by atoms with Gasteiger partial charge in [0.15, 0.2) is 0 Å². The molecule has 0 spiro atoms. The maximum Gasteiger partial charge on any atom is 0.148 e. The molecule has 2 atom stereocenters. The van der Waals surface area contributed by atoms with Crippen LogP contribution in [-0.2, 0) is 0 Å². The number of hydrogen-bond acceptors (Lipinski definition) is 4. The van der Waals surface area contributed by atoms with Gasteiger partial charge in [0.1, 0.15) is 29.3 Å². The molecule has 0 unspecified atom stereocenters. The van der Waals surface area contributed by atoms with Crippen LogP contribution in [0.25, 0.3) is 0 Å². The van der Waals surface area contributed by atoms with E-state index in [1.54, 1.807) is 6.07 Å². The summed E-state index contributed by atoms with van der Waals surface area (Å²) in [6.07, 6.45) is 0. The Kier molecular flexibility index (Phi) is 3.97. The highest BCUT2D eigenvalue weighted by molar-refractivity contribution is 5.99. The van der Waals surface area contributed by atoms with Gasteiger partial charge in [0.25, 0.3) is 0 Å². The summed E-state index contributed by atoms with van der Waals surface area (Å²) in [5.74, 6) is 0.722. The van der Waals surface area contributed by atoms with Crippen LogP contribution >= 0.6 is 0 Å². The minimum absolute atomic E-state index is 0.0335. The topological polar surface area (TPSA) is 61.1 Å². The van der Waals surface area contributed by atoms with E-state index in [-0.39, 0.29) is 12.1 Å². The average Bonchev–Trinajstić information content (AvgIpc) is 3.15. The summed E-state index contributed by atoms with van der Waals surface area (Å²) in [7, 11) is 0. The molecule has 3 aromatic rings. The highest BCUT2D eigenvalue weighted by Crippen LogP contribution is 2.36. The Morgan fingerprint density at radius 1 is 0.800 bits per heavy atom. The third-order valence-corrected chi connectivity index (χ3v) is 4.28. The molecule has 1 N–H and O–H groups in total. The first kappa shape index (κ1) is 15.1. The Hall–Kier alpha value is -3.45. The van der Waals surface area contributed by atoms with Crippen molar-refractivity contribution in [3.05, 3.63) is 101 Å². The highest BCUT2D eigenvalue weighted by Gasteiger charge is 2.32. The van der Waals surface area contributed by atoms with Crippen molar-refractivity contribution < 1.29 is 0 Å². The number of pyridine rings is 1. The maximum absolute atomic E-state index is 9.09. The van der Waals surface area contributed by atoms with Crippen LogP contribution in [0.1, 0.15) is 34.6 Å².